The Morgan fingerprint density at radius 1 is 1.38 bits per heavy atom. The summed E-state index contributed by atoms with van der Waals surface area (Å²) in [5, 5.41) is 7.01. The Kier molecular flexibility index (Phi) is 4.72. The van der Waals surface area contributed by atoms with Gasteiger partial charge in [0.2, 0.25) is 0 Å². The summed E-state index contributed by atoms with van der Waals surface area (Å²) in [7, 11) is 0. The molecule has 0 aliphatic heterocycles. The van der Waals surface area contributed by atoms with E-state index < -0.39 is 0 Å². The van der Waals surface area contributed by atoms with Crippen LogP contribution in [0.5, 0.6) is 0 Å². The van der Waals surface area contributed by atoms with E-state index in [9.17, 15) is 9.18 Å². The summed E-state index contributed by atoms with van der Waals surface area (Å²) in [5.74, 6) is 4.32. The molecule has 0 aliphatic carbocycles. The normalized spacial score (nSPS) is 9.86. The van der Waals surface area contributed by atoms with Gasteiger partial charge < -0.3 is 5.32 Å². The summed E-state index contributed by atoms with van der Waals surface area (Å²) in [6.45, 7) is 3.65. The van der Waals surface area contributed by atoms with Crippen molar-refractivity contribution >= 4 is 11.6 Å². The van der Waals surface area contributed by atoms with Gasteiger partial charge in [0.25, 0.3) is 5.91 Å². The quantitative estimate of drug-likeness (QED) is 0.878. The van der Waals surface area contributed by atoms with Gasteiger partial charge in [-0.05, 0) is 43.5 Å². The first-order valence-electron chi connectivity index (χ1n) is 6.72. The standard InChI is InChI=1S/C16H16FN3O/c1-3-5-15-14(19-16(21)6-4-2)11-18-20(15)13-9-7-12(17)8-10-13/h7-11H,3,5H2,1-2H3,(H,19,21). The molecule has 2 aromatic rings. The number of nitrogens with zero attached hydrogens (tertiary/aromatic N) is 2. The molecule has 1 amide bonds. The van der Waals surface area contributed by atoms with Gasteiger partial charge in [-0.3, -0.25) is 4.79 Å². The molecule has 0 fully saturated rings. The fourth-order valence-electron chi connectivity index (χ4n) is 2.03. The van der Waals surface area contributed by atoms with Crippen LogP contribution in [0.15, 0.2) is 30.5 Å². The first-order chi connectivity index (χ1) is 10.2. The molecule has 108 valence electrons. The molecular weight excluding hydrogens is 269 g/mol. The molecule has 1 aromatic heterocycles. The number of halogens is 1. The van der Waals surface area contributed by atoms with Crippen molar-refractivity contribution in [1.82, 2.24) is 9.78 Å². The maximum absolute atomic E-state index is 13.0. The van der Waals surface area contributed by atoms with E-state index in [2.05, 4.69) is 22.3 Å². The average Bonchev–Trinajstić information content (AvgIpc) is 2.83. The second-order valence-corrected chi connectivity index (χ2v) is 4.47. The van der Waals surface area contributed by atoms with E-state index in [1.807, 2.05) is 6.92 Å². The van der Waals surface area contributed by atoms with Gasteiger partial charge in [-0.2, -0.15) is 5.10 Å². The second-order valence-electron chi connectivity index (χ2n) is 4.47. The maximum Gasteiger partial charge on any atom is 0.300 e. The van der Waals surface area contributed by atoms with Crippen LogP contribution < -0.4 is 5.32 Å². The number of benzene rings is 1. The van der Waals surface area contributed by atoms with E-state index in [4.69, 9.17) is 0 Å². The smallest absolute Gasteiger partial charge is 0.300 e. The summed E-state index contributed by atoms with van der Waals surface area (Å²) >= 11 is 0. The Bertz CT molecular complexity index is 693. The molecule has 0 saturated heterocycles. The molecule has 0 aliphatic rings. The third-order valence-electron chi connectivity index (χ3n) is 2.91. The highest BCUT2D eigenvalue weighted by atomic mass is 19.1. The average molecular weight is 285 g/mol. The zero-order valence-corrected chi connectivity index (χ0v) is 12.0. The predicted octanol–water partition coefficient (Wildman–Crippen LogP) is 2.93. The van der Waals surface area contributed by atoms with Crippen LogP contribution in [0, 0.1) is 17.7 Å². The second kappa shape index (κ2) is 6.71. The minimum absolute atomic E-state index is 0.297. The summed E-state index contributed by atoms with van der Waals surface area (Å²) in [6.07, 6.45) is 3.23. The van der Waals surface area contributed by atoms with Gasteiger partial charge in [0.05, 0.1) is 23.3 Å². The first-order valence-corrected chi connectivity index (χ1v) is 6.72. The number of rotatable bonds is 4. The third-order valence-corrected chi connectivity index (χ3v) is 2.91. The van der Waals surface area contributed by atoms with Crippen molar-refractivity contribution in [1.29, 1.82) is 0 Å². The van der Waals surface area contributed by atoms with Crippen LogP contribution in [-0.4, -0.2) is 15.7 Å². The van der Waals surface area contributed by atoms with Crippen LogP contribution in [0.1, 0.15) is 26.0 Å². The predicted molar refractivity (Wildman–Crippen MR) is 79.6 cm³/mol. The highest BCUT2D eigenvalue weighted by Gasteiger charge is 2.13. The summed E-state index contributed by atoms with van der Waals surface area (Å²) in [6, 6.07) is 6.07. The number of hydrogen-bond acceptors (Lipinski definition) is 2. The van der Waals surface area contributed by atoms with Crippen LogP contribution in [0.2, 0.25) is 0 Å². The van der Waals surface area contributed by atoms with Crippen LogP contribution in [0.25, 0.3) is 5.69 Å². The fourth-order valence-corrected chi connectivity index (χ4v) is 2.03. The molecule has 1 heterocycles. The number of aromatic nitrogens is 2. The molecule has 21 heavy (non-hydrogen) atoms. The lowest BCUT2D eigenvalue weighted by molar-refractivity contribution is -0.111. The molecule has 0 radical (unpaired) electrons. The summed E-state index contributed by atoms with van der Waals surface area (Å²) in [4.78, 5) is 11.6. The Labute approximate surface area is 123 Å². The van der Waals surface area contributed by atoms with Crippen molar-refractivity contribution in [3.8, 4) is 17.5 Å². The van der Waals surface area contributed by atoms with Gasteiger partial charge >= 0.3 is 0 Å². The van der Waals surface area contributed by atoms with Gasteiger partial charge in [-0.25, -0.2) is 9.07 Å². The minimum atomic E-state index is -0.367. The van der Waals surface area contributed by atoms with Gasteiger partial charge in [0.15, 0.2) is 0 Å². The molecule has 2 rings (SSSR count). The monoisotopic (exact) mass is 285 g/mol. The van der Waals surface area contributed by atoms with Crippen molar-refractivity contribution in [2.75, 3.05) is 5.32 Å². The molecule has 0 bridgehead atoms. The minimum Gasteiger partial charge on any atom is -0.312 e. The van der Waals surface area contributed by atoms with Crippen LogP contribution in [0.3, 0.4) is 0 Å². The fraction of sp³-hybridized carbons (Fsp3) is 0.250. The van der Waals surface area contributed by atoms with E-state index in [1.54, 1.807) is 29.9 Å². The van der Waals surface area contributed by atoms with Crippen molar-refractivity contribution in [3.63, 3.8) is 0 Å². The lowest BCUT2D eigenvalue weighted by Crippen LogP contribution is -2.11. The van der Waals surface area contributed by atoms with Crippen molar-refractivity contribution < 1.29 is 9.18 Å². The zero-order chi connectivity index (χ0) is 15.2. The number of amides is 1. The van der Waals surface area contributed by atoms with E-state index in [0.29, 0.717) is 5.69 Å². The molecule has 4 nitrogen and oxygen atoms in total. The number of carbonyl (C=O) groups excluding carboxylic acids is 1. The van der Waals surface area contributed by atoms with E-state index in [-0.39, 0.29) is 11.7 Å². The number of anilines is 1. The Balaban J connectivity index is 2.37. The van der Waals surface area contributed by atoms with Crippen molar-refractivity contribution in [2.24, 2.45) is 0 Å². The molecule has 0 spiro atoms. The van der Waals surface area contributed by atoms with Crippen molar-refractivity contribution in [2.45, 2.75) is 26.7 Å². The Morgan fingerprint density at radius 3 is 2.71 bits per heavy atom. The van der Waals surface area contributed by atoms with E-state index in [0.717, 1.165) is 24.2 Å². The Hall–Kier alpha value is -2.61. The lowest BCUT2D eigenvalue weighted by atomic mass is 10.2. The van der Waals surface area contributed by atoms with Gasteiger partial charge in [0.1, 0.15) is 5.82 Å². The SMILES string of the molecule is CC#CC(=O)Nc1cnn(-c2ccc(F)cc2)c1CCC. The van der Waals surface area contributed by atoms with E-state index in [1.165, 1.54) is 12.1 Å². The number of carbonyl (C=O) groups is 1. The van der Waals surface area contributed by atoms with Gasteiger partial charge in [0, 0.05) is 0 Å². The van der Waals surface area contributed by atoms with Crippen LogP contribution in [0.4, 0.5) is 10.1 Å². The van der Waals surface area contributed by atoms with Gasteiger partial charge in [-0.1, -0.05) is 19.3 Å². The molecule has 1 aromatic carbocycles. The van der Waals surface area contributed by atoms with E-state index >= 15 is 0 Å². The summed E-state index contributed by atoms with van der Waals surface area (Å²) in [5.41, 5.74) is 2.26. The number of hydrogen-bond donors (Lipinski definition) is 1. The maximum atomic E-state index is 13.0. The molecule has 0 saturated carbocycles. The van der Waals surface area contributed by atoms with Crippen LogP contribution in [-0.2, 0) is 11.2 Å². The zero-order valence-electron chi connectivity index (χ0n) is 12.0. The van der Waals surface area contributed by atoms with Gasteiger partial charge in [-0.15, -0.1) is 0 Å². The first kappa shape index (κ1) is 14.8. The Morgan fingerprint density at radius 2 is 2.10 bits per heavy atom. The summed E-state index contributed by atoms with van der Waals surface area (Å²) < 4.78 is 14.7. The molecular formula is C16H16FN3O. The largest absolute Gasteiger partial charge is 0.312 e. The topological polar surface area (TPSA) is 46.9 Å². The highest BCUT2D eigenvalue weighted by molar-refractivity contribution is 6.04. The van der Waals surface area contributed by atoms with Crippen molar-refractivity contribution in [3.05, 3.63) is 42.0 Å². The molecule has 1 N–H and O–H groups in total. The molecule has 0 unspecified atom stereocenters. The number of nitrogens with one attached hydrogen (secondary N) is 1. The highest BCUT2D eigenvalue weighted by Crippen LogP contribution is 2.21. The molecule has 5 heteroatoms. The van der Waals surface area contributed by atoms with Crippen LogP contribution >= 0.6 is 0 Å². The lowest BCUT2D eigenvalue weighted by Gasteiger charge is -2.09. The molecule has 0 atom stereocenters. The third kappa shape index (κ3) is 3.48.